The molecule has 0 heterocycles. The van der Waals surface area contributed by atoms with Crippen molar-refractivity contribution in [2.45, 2.75) is 12.7 Å². The van der Waals surface area contributed by atoms with Crippen LogP contribution in [0.2, 0.25) is 0 Å². The molecule has 34 heavy (non-hydrogen) atoms. The largest absolute Gasteiger partial charge is 0.493 e. The highest BCUT2D eigenvalue weighted by atomic mass is 127. The van der Waals surface area contributed by atoms with Crippen LogP contribution in [0.15, 0.2) is 71.8 Å². The molecule has 178 valence electrons. The van der Waals surface area contributed by atoms with E-state index in [4.69, 9.17) is 9.47 Å². The molecule has 0 saturated carbocycles. The van der Waals surface area contributed by atoms with Gasteiger partial charge in [0.15, 0.2) is 18.1 Å². The van der Waals surface area contributed by atoms with Crippen molar-refractivity contribution in [3.63, 3.8) is 0 Å². The smallest absolute Gasteiger partial charge is 0.416 e. The van der Waals surface area contributed by atoms with Crippen LogP contribution in [0, 0.1) is 3.57 Å². The number of carbonyl (C=O) groups excluding carboxylic acids is 1. The summed E-state index contributed by atoms with van der Waals surface area (Å²) >= 11 is 2.04. The van der Waals surface area contributed by atoms with Gasteiger partial charge in [-0.05, 0) is 64.0 Å². The Morgan fingerprint density at radius 3 is 2.56 bits per heavy atom. The summed E-state index contributed by atoms with van der Waals surface area (Å²) in [5, 5.41) is 6.79. The molecule has 0 aliphatic heterocycles. The van der Waals surface area contributed by atoms with Crippen LogP contribution in [-0.4, -0.2) is 25.8 Å². The zero-order valence-electron chi connectivity index (χ0n) is 18.0. The van der Waals surface area contributed by atoms with Crippen molar-refractivity contribution in [1.29, 1.82) is 0 Å². The topological polar surface area (TPSA) is 71.9 Å². The third kappa shape index (κ3) is 7.37. The van der Waals surface area contributed by atoms with Crippen molar-refractivity contribution < 1.29 is 27.4 Å². The lowest BCUT2D eigenvalue weighted by molar-refractivity contribution is -0.137. The second kappa shape index (κ2) is 11.7. The molecule has 3 aromatic rings. The molecular formula is C24H21F3IN3O3. The molecule has 0 saturated heterocycles. The number of nitrogens with one attached hydrogen (secondary N) is 2. The first-order chi connectivity index (χ1) is 16.3. The van der Waals surface area contributed by atoms with Gasteiger partial charge in [-0.15, -0.1) is 0 Å². The highest BCUT2D eigenvalue weighted by molar-refractivity contribution is 14.1. The molecule has 2 N–H and O–H groups in total. The number of rotatable bonds is 9. The summed E-state index contributed by atoms with van der Waals surface area (Å²) in [6, 6.07) is 17.7. The number of anilines is 1. The Kier molecular flexibility index (Phi) is 8.74. The van der Waals surface area contributed by atoms with Crippen LogP contribution < -0.4 is 20.2 Å². The molecule has 0 unspecified atom stereocenters. The van der Waals surface area contributed by atoms with Crippen LogP contribution in [0.1, 0.15) is 16.7 Å². The fourth-order valence-electron chi connectivity index (χ4n) is 2.89. The molecule has 10 heteroatoms. The monoisotopic (exact) mass is 583 g/mol. The standard InChI is InChI=1S/C24H21F3IN3O3/c1-33-21-11-17(14-30-31-19-9-5-8-18(12-19)24(25,26)27)10-20(28)23(21)34-15-22(32)29-13-16-6-3-2-4-7-16/h2-12,14,31H,13,15H2,1H3,(H,29,32)/b30-14-. The average Bonchev–Trinajstić information content (AvgIpc) is 2.82. The molecule has 0 atom stereocenters. The third-order valence-electron chi connectivity index (χ3n) is 4.53. The van der Waals surface area contributed by atoms with E-state index in [1.165, 1.54) is 25.5 Å². The Morgan fingerprint density at radius 2 is 1.85 bits per heavy atom. The van der Waals surface area contributed by atoms with Gasteiger partial charge in [0.2, 0.25) is 0 Å². The molecule has 1 amide bonds. The highest BCUT2D eigenvalue weighted by Crippen LogP contribution is 2.34. The van der Waals surface area contributed by atoms with E-state index in [0.29, 0.717) is 27.2 Å². The number of hydrogen-bond acceptors (Lipinski definition) is 5. The summed E-state index contributed by atoms with van der Waals surface area (Å²) in [5.41, 5.74) is 3.63. The van der Waals surface area contributed by atoms with Gasteiger partial charge in [-0.3, -0.25) is 10.2 Å². The maximum Gasteiger partial charge on any atom is 0.416 e. The van der Waals surface area contributed by atoms with Crippen LogP contribution in [0.5, 0.6) is 11.5 Å². The quantitative estimate of drug-likeness (QED) is 0.200. The van der Waals surface area contributed by atoms with Crippen molar-refractivity contribution in [2.24, 2.45) is 5.10 Å². The summed E-state index contributed by atoms with van der Waals surface area (Å²) in [6.45, 7) is 0.204. The maximum atomic E-state index is 12.8. The number of hydrazone groups is 1. The van der Waals surface area contributed by atoms with E-state index < -0.39 is 11.7 Å². The van der Waals surface area contributed by atoms with Gasteiger partial charge < -0.3 is 14.8 Å². The van der Waals surface area contributed by atoms with Crippen LogP contribution >= 0.6 is 22.6 Å². The van der Waals surface area contributed by atoms with E-state index in [0.717, 1.165) is 17.7 Å². The number of nitrogens with zero attached hydrogens (tertiary/aromatic N) is 1. The average molecular weight is 583 g/mol. The lowest BCUT2D eigenvalue weighted by atomic mass is 10.2. The number of ether oxygens (including phenoxy) is 2. The van der Waals surface area contributed by atoms with Crippen LogP contribution in [0.25, 0.3) is 0 Å². The van der Waals surface area contributed by atoms with Gasteiger partial charge in [-0.25, -0.2) is 0 Å². The van der Waals surface area contributed by atoms with E-state index in [1.54, 1.807) is 12.1 Å². The minimum absolute atomic E-state index is 0.191. The summed E-state index contributed by atoms with van der Waals surface area (Å²) in [5.74, 6) is 0.516. The van der Waals surface area contributed by atoms with Gasteiger partial charge in [0.1, 0.15) is 0 Å². The van der Waals surface area contributed by atoms with E-state index in [2.05, 4.69) is 15.8 Å². The predicted molar refractivity (Wildman–Crippen MR) is 132 cm³/mol. The van der Waals surface area contributed by atoms with Crippen molar-refractivity contribution >= 4 is 40.4 Å². The molecule has 0 aliphatic carbocycles. The first-order valence-electron chi connectivity index (χ1n) is 10.0. The Morgan fingerprint density at radius 1 is 1.09 bits per heavy atom. The summed E-state index contributed by atoms with van der Waals surface area (Å²) in [7, 11) is 1.47. The summed E-state index contributed by atoms with van der Waals surface area (Å²) in [6.07, 6.45) is -2.99. The first-order valence-corrected chi connectivity index (χ1v) is 11.1. The molecule has 0 radical (unpaired) electrons. The third-order valence-corrected chi connectivity index (χ3v) is 5.33. The second-order valence-corrected chi connectivity index (χ2v) is 8.20. The summed E-state index contributed by atoms with van der Waals surface area (Å²) in [4.78, 5) is 12.2. The predicted octanol–water partition coefficient (Wildman–Crippen LogP) is 5.46. The van der Waals surface area contributed by atoms with Gasteiger partial charge in [-0.2, -0.15) is 18.3 Å². The lowest BCUT2D eigenvalue weighted by Gasteiger charge is -2.13. The normalized spacial score (nSPS) is 11.3. The van der Waals surface area contributed by atoms with E-state index in [9.17, 15) is 18.0 Å². The lowest BCUT2D eigenvalue weighted by Crippen LogP contribution is -2.28. The molecule has 0 spiro atoms. The van der Waals surface area contributed by atoms with Gasteiger partial charge in [0.05, 0.1) is 28.1 Å². The van der Waals surface area contributed by atoms with Crippen molar-refractivity contribution in [3.05, 3.63) is 87.0 Å². The highest BCUT2D eigenvalue weighted by Gasteiger charge is 2.30. The summed E-state index contributed by atoms with van der Waals surface area (Å²) < 4.78 is 50.2. The van der Waals surface area contributed by atoms with E-state index in [-0.39, 0.29) is 18.2 Å². The Bertz CT molecular complexity index is 1160. The number of benzene rings is 3. The molecule has 0 bridgehead atoms. The zero-order chi connectivity index (χ0) is 24.6. The minimum atomic E-state index is -4.43. The Balaban J connectivity index is 1.61. The van der Waals surface area contributed by atoms with Gasteiger partial charge >= 0.3 is 6.18 Å². The molecule has 6 nitrogen and oxygen atoms in total. The maximum absolute atomic E-state index is 12.8. The minimum Gasteiger partial charge on any atom is -0.493 e. The fraction of sp³-hybridized carbons (Fsp3) is 0.167. The number of methoxy groups -OCH3 is 1. The van der Waals surface area contributed by atoms with Crippen molar-refractivity contribution in [1.82, 2.24) is 5.32 Å². The molecule has 3 rings (SSSR count). The van der Waals surface area contributed by atoms with E-state index in [1.807, 2.05) is 52.9 Å². The molecule has 3 aromatic carbocycles. The van der Waals surface area contributed by atoms with E-state index >= 15 is 0 Å². The van der Waals surface area contributed by atoms with Crippen LogP contribution in [-0.2, 0) is 17.5 Å². The number of alkyl halides is 3. The SMILES string of the molecule is COc1cc(/C=N\Nc2cccc(C(F)(F)F)c2)cc(I)c1OCC(=O)NCc1ccccc1. The second-order valence-electron chi connectivity index (χ2n) is 7.03. The van der Waals surface area contributed by atoms with Crippen LogP contribution in [0.4, 0.5) is 18.9 Å². The van der Waals surface area contributed by atoms with Gasteiger partial charge in [-0.1, -0.05) is 36.4 Å². The fourth-order valence-corrected chi connectivity index (χ4v) is 3.67. The first kappa shape index (κ1) is 25.3. The molecule has 0 aromatic heterocycles. The number of hydrogen-bond donors (Lipinski definition) is 2. The molecular weight excluding hydrogens is 562 g/mol. The number of halogens is 4. The molecule has 0 aliphatic rings. The molecule has 0 fully saturated rings. The van der Waals surface area contributed by atoms with Gasteiger partial charge in [0, 0.05) is 6.54 Å². The zero-order valence-corrected chi connectivity index (χ0v) is 20.2. The number of amides is 1. The number of carbonyl (C=O) groups is 1. The Hall–Kier alpha value is -3.28. The van der Waals surface area contributed by atoms with Gasteiger partial charge in [0.25, 0.3) is 5.91 Å². The van der Waals surface area contributed by atoms with Crippen molar-refractivity contribution in [3.8, 4) is 11.5 Å². The Labute approximate surface area is 208 Å². The van der Waals surface area contributed by atoms with Crippen molar-refractivity contribution in [2.75, 3.05) is 19.1 Å². The van der Waals surface area contributed by atoms with Crippen LogP contribution in [0.3, 0.4) is 0 Å².